The Kier molecular flexibility index (Phi) is 7.38. The molecule has 2 N–H and O–H groups in total. The average molecular weight is 542 g/mol. The Hall–Kier alpha value is -3.11. The predicted molar refractivity (Wildman–Crippen MR) is 135 cm³/mol. The Morgan fingerprint density at radius 1 is 1.15 bits per heavy atom. The van der Waals surface area contributed by atoms with Crippen molar-refractivity contribution in [1.29, 1.82) is 0 Å². The molecule has 1 fully saturated rings. The second kappa shape index (κ2) is 10.4. The first-order chi connectivity index (χ1) is 16.3. The Morgan fingerprint density at radius 3 is 2.65 bits per heavy atom. The van der Waals surface area contributed by atoms with E-state index in [1.807, 2.05) is 38.1 Å². The molecular formula is C24H24BrN5O3S. The van der Waals surface area contributed by atoms with E-state index in [1.54, 1.807) is 23.1 Å². The van der Waals surface area contributed by atoms with Gasteiger partial charge in [0.05, 0.1) is 5.92 Å². The van der Waals surface area contributed by atoms with Gasteiger partial charge in [-0.1, -0.05) is 39.4 Å². The van der Waals surface area contributed by atoms with Crippen molar-refractivity contribution >= 4 is 55.8 Å². The highest BCUT2D eigenvalue weighted by Crippen LogP contribution is 2.28. The lowest BCUT2D eigenvalue weighted by Gasteiger charge is -2.18. The van der Waals surface area contributed by atoms with Crippen LogP contribution in [0, 0.1) is 19.8 Å². The number of hydrogen-bond donors (Lipinski definition) is 2. The maximum absolute atomic E-state index is 12.8. The molecule has 0 aliphatic carbocycles. The van der Waals surface area contributed by atoms with Crippen LogP contribution < -0.4 is 15.5 Å². The molecule has 0 bridgehead atoms. The monoisotopic (exact) mass is 541 g/mol. The van der Waals surface area contributed by atoms with Gasteiger partial charge in [-0.3, -0.25) is 14.4 Å². The van der Waals surface area contributed by atoms with Gasteiger partial charge in [0.25, 0.3) is 5.91 Å². The molecule has 176 valence electrons. The summed E-state index contributed by atoms with van der Waals surface area (Å²) in [5.74, 6) is -0.932. The molecule has 2 heterocycles. The van der Waals surface area contributed by atoms with E-state index in [-0.39, 0.29) is 24.1 Å². The summed E-state index contributed by atoms with van der Waals surface area (Å²) in [5.41, 5.74) is 3.54. The largest absolute Gasteiger partial charge is 0.352 e. The molecule has 4 rings (SSSR count). The summed E-state index contributed by atoms with van der Waals surface area (Å²) in [6.07, 6.45) is 0.655. The van der Waals surface area contributed by atoms with E-state index in [1.165, 1.54) is 11.3 Å². The number of amides is 3. The molecule has 1 saturated heterocycles. The number of halogens is 1. The number of aryl methyl sites for hydroxylation is 2. The fraction of sp³-hybridized carbons (Fsp3) is 0.292. The predicted octanol–water partition coefficient (Wildman–Crippen LogP) is 3.88. The molecule has 1 aromatic heterocycles. The summed E-state index contributed by atoms with van der Waals surface area (Å²) in [5, 5.41) is 14.8. The van der Waals surface area contributed by atoms with Crippen LogP contribution in [-0.4, -0.2) is 41.0 Å². The number of carbonyl (C=O) groups is 3. The highest BCUT2D eigenvalue weighted by atomic mass is 79.9. The van der Waals surface area contributed by atoms with E-state index in [9.17, 15) is 14.4 Å². The van der Waals surface area contributed by atoms with Gasteiger partial charge in [0, 0.05) is 41.7 Å². The molecule has 10 heteroatoms. The fourth-order valence-corrected chi connectivity index (χ4v) is 5.01. The maximum Gasteiger partial charge on any atom is 0.251 e. The molecule has 1 aliphatic rings. The van der Waals surface area contributed by atoms with Gasteiger partial charge in [0.15, 0.2) is 0 Å². The third-order valence-electron chi connectivity index (χ3n) is 5.42. The highest BCUT2D eigenvalue weighted by Gasteiger charge is 2.35. The van der Waals surface area contributed by atoms with E-state index >= 15 is 0 Å². The lowest BCUT2D eigenvalue weighted by atomic mass is 10.1. The van der Waals surface area contributed by atoms with Crippen molar-refractivity contribution < 1.29 is 14.4 Å². The van der Waals surface area contributed by atoms with Gasteiger partial charge in [-0.2, -0.15) is 0 Å². The lowest BCUT2D eigenvalue weighted by molar-refractivity contribution is -0.122. The fourth-order valence-electron chi connectivity index (χ4n) is 3.87. The smallest absolute Gasteiger partial charge is 0.251 e. The number of aromatic nitrogens is 2. The van der Waals surface area contributed by atoms with Gasteiger partial charge in [0.1, 0.15) is 5.01 Å². The minimum Gasteiger partial charge on any atom is -0.352 e. The van der Waals surface area contributed by atoms with Crippen LogP contribution >= 0.6 is 27.3 Å². The molecule has 0 spiro atoms. The van der Waals surface area contributed by atoms with Gasteiger partial charge in [-0.15, -0.1) is 10.2 Å². The summed E-state index contributed by atoms with van der Waals surface area (Å²) in [4.78, 5) is 39.2. The first-order valence-corrected chi connectivity index (χ1v) is 12.4. The van der Waals surface area contributed by atoms with Crippen LogP contribution in [0.3, 0.4) is 0 Å². The van der Waals surface area contributed by atoms with Crippen LogP contribution in [0.15, 0.2) is 46.9 Å². The Morgan fingerprint density at radius 2 is 1.91 bits per heavy atom. The number of carbonyl (C=O) groups excluding carboxylic acids is 3. The molecule has 8 nitrogen and oxygen atoms in total. The van der Waals surface area contributed by atoms with Crippen molar-refractivity contribution in [3.05, 3.63) is 68.6 Å². The van der Waals surface area contributed by atoms with E-state index in [0.717, 1.165) is 21.3 Å². The highest BCUT2D eigenvalue weighted by molar-refractivity contribution is 9.10. The molecule has 3 amide bonds. The van der Waals surface area contributed by atoms with Crippen LogP contribution in [0.25, 0.3) is 0 Å². The van der Waals surface area contributed by atoms with E-state index in [2.05, 4.69) is 36.8 Å². The lowest BCUT2D eigenvalue weighted by Crippen LogP contribution is -2.28. The van der Waals surface area contributed by atoms with Gasteiger partial charge >= 0.3 is 0 Å². The minimum atomic E-state index is -0.454. The zero-order chi connectivity index (χ0) is 24.2. The summed E-state index contributed by atoms with van der Waals surface area (Å²) < 4.78 is 0.839. The quantitative estimate of drug-likeness (QED) is 0.472. The standard InChI is InChI=1S/C24H24BrN5O3S/c1-14-8-15(2)10-19(9-14)30-13-17(12-21(30)31)23(33)27-24-29-28-20(34-24)6-7-26-22(32)16-4-3-5-18(25)11-16/h3-5,8-11,17H,6-7,12-13H2,1-2H3,(H,26,32)(H,27,29,33). The van der Waals surface area contributed by atoms with Gasteiger partial charge in [-0.05, 0) is 55.3 Å². The molecule has 34 heavy (non-hydrogen) atoms. The molecule has 1 unspecified atom stereocenters. The zero-order valence-electron chi connectivity index (χ0n) is 18.8. The van der Waals surface area contributed by atoms with Crippen molar-refractivity contribution in [2.75, 3.05) is 23.3 Å². The van der Waals surface area contributed by atoms with Crippen LogP contribution in [0.4, 0.5) is 10.8 Å². The van der Waals surface area contributed by atoms with Gasteiger partial charge < -0.3 is 15.5 Å². The number of nitrogens with zero attached hydrogens (tertiary/aromatic N) is 3. The van der Waals surface area contributed by atoms with Crippen molar-refractivity contribution in [3.8, 4) is 0 Å². The second-order valence-electron chi connectivity index (χ2n) is 8.26. The average Bonchev–Trinajstić information content (AvgIpc) is 3.39. The number of benzene rings is 2. The Bertz CT molecular complexity index is 1220. The first kappa shape index (κ1) is 24.0. The number of anilines is 2. The molecule has 0 saturated carbocycles. The van der Waals surface area contributed by atoms with E-state index in [4.69, 9.17) is 0 Å². The summed E-state index contributed by atoms with van der Waals surface area (Å²) >= 11 is 4.61. The van der Waals surface area contributed by atoms with Crippen molar-refractivity contribution in [3.63, 3.8) is 0 Å². The molecule has 1 aliphatic heterocycles. The minimum absolute atomic E-state index is 0.0655. The third-order valence-corrected chi connectivity index (χ3v) is 6.81. The Balaban J connectivity index is 1.28. The summed E-state index contributed by atoms with van der Waals surface area (Å²) in [6.45, 7) is 4.71. The number of rotatable bonds is 7. The zero-order valence-corrected chi connectivity index (χ0v) is 21.2. The van der Waals surface area contributed by atoms with Gasteiger partial charge in [-0.25, -0.2) is 0 Å². The summed E-state index contributed by atoms with van der Waals surface area (Å²) in [7, 11) is 0. The molecular weight excluding hydrogens is 518 g/mol. The second-order valence-corrected chi connectivity index (χ2v) is 10.2. The first-order valence-electron chi connectivity index (χ1n) is 10.8. The van der Waals surface area contributed by atoms with Crippen LogP contribution in [0.5, 0.6) is 0 Å². The molecule has 3 aromatic rings. The topological polar surface area (TPSA) is 104 Å². The molecule has 0 radical (unpaired) electrons. The SMILES string of the molecule is Cc1cc(C)cc(N2CC(C(=O)Nc3nnc(CCNC(=O)c4cccc(Br)c4)s3)CC2=O)c1. The van der Waals surface area contributed by atoms with E-state index < -0.39 is 5.92 Å². The number of nitrogens with one attached hydrogen (secondary N) is 2. The summed E-state index contributed by atoms with van der Waals surface area (Å²) in [6, 6.07) is 13.1. The van der Waals surface area contributed by atoms with E-state index in [0.29, 0.717) is 35.2 Å². The maximum atomic E-state index is 12.8. The van der Waals surface area contributed by atoms with Crippen LogP contribution in [-0.2, 0) is 16.0 Å². The normalized spacial score (nSPS) is 15.4. The van der Waals surface area contributed by atoms with Crippen molar-refractivity contribution in [2.24, 2.45) is 5.92 Å². The van der Waals surface area contributed by atoms with Gasteiger partial charge in [0.2, 0.25) is 16.9 Å². The van der Waals surface area contributed by atoms with Crippen LogP contribution in [0.2, 0.25) is 0 Å². The molecule has 2 aromatic carbocycles. The number of hydrogen-bond acceptors (Lipinski definition) is 6. The van der Waals surface area contributed by atoms with Crippen molar-refractivity contribution in [2.45, 2.75) is 26.7 Å². The molecule has 1 atom stereocenters. The van der Waals surface area contributed by atoms with Crippen LogP contribution in [0.1, 0.15) is 32.9 Å². The van der Waals surface area contributed by atoms with Crippen molar-refractivity contribution in [1.82, 2.24) is 15.5 Å². The third kappa shape index (κ3) is 5.87. The Labute approximate surface area is 209 Å².